The van der Waals surface area contributed by atoms with Gasteiger partial charge in [0.05, 0.1) is 0 Å². The van der Waals surface area contributed by atoms with Crippen molar-refractivity contribution >= 4 is 17.8 Å². The van der Waals surface area contributed by atoms with Gasteiger partial charge in [-0.1, -0.05) is 6.07 Å². The zero-order valence-corrected chi connectivity index (χ0v) is 11.8. The van der Waals surface area contributed by atoms with E-state index in [1.807, 2.05) is 0 Å². The van der Waals surface area contributed by atoms with Crippen LogP contribution in [0.15, 0.2) is 18.2 Å². The maximum absolute atomic E-state index is 12.2. The second-order valence-electron chi connectivity index (χ2n) is 4.89. The molecule has 1 aromatic heterocycles. The normalized spacial score (nSPS) is 18.4. The molecular weight excluding hydrogens is 319 g/mol. The fourth-order valence-corrected chi connectivity index (χ4v) is 2.30. The summed E-state index contributed by atoms with van der Waals surface area (Å²) in [6.45, 7) is 0.234. The van der Waals surface area contributed by atoms with Crippen LogP contribution in [0.1, 0.15) is 19.3 Å². The molecule has 0 spiro atoms. The fourth-order valence-electron chi connectivity index (χ4n) is 2.30. The van der Waals surface area contributed by atoms with Gasteiger partial charge in [-0.25, -0.2) is 4.79 Å². The molecule has 0 aliphatic carbocycles. The van der Waals surface area contributed by atoms with Crippen LogP contribution in [0.5, 0.6) is 5.88 Å². The van der Waals surface area contributed by atoms with Gasteiger partial charge in [0.15, 0.2) is 0 Å². The summed E-state index contributed by atoms with van der Waals surface area (Å²) in [5.74, 6) is -1.49. The maximum atomic E-state index is 12.2. The lowest BCUT2D eigenvalue weighted by molar-refractivity contribution is -0.276. The van der Waals surface area contributed by atoms with Crippen molar-refractivity contribution in [3.05, 3.63) is 18.2 Å². The molecule has 7 nitrogen and oxygen atoms in total. The molecule has 1 saturated heterocycles. The topological polar surface area (TPSA) is 91.8 Å². The number of carbonyl (C=O) groups is 2. The van der Waals surface area contributed by atoms with Crippen molar-refractivity contribution in [2.45, 2.75) is 31.7 Å². The number of anilines is 1. The Morgan fingerprint density at radius 3 is 2.74 bits per heavy atom. The average molecular weight is 333 g/mol. The molecule has 23 heavy (non-hydrogen) atoms. The summed E-state index contributed by atoms with van der Waals surface area (Å²) < 4.78 is 40.1. The van der Waals surface area contributed by atoms with E-state index in [0.717, 1.165) is 11.0 Å². The zero-order chi connectivity index (χ0) is 17.0. The molecule has 126 valence electrons. The van der Waals surface area contributed by atoms with E-state index in [9.17, 15) is 22.8 Å². The first-order valence-corrected chi connectivity index (χ1v) is 6.79. The highest BCUT2D eigenvalue weighted by atomic mass is 19.4. The van der Waals surface area contributed by atoms with Gasteiger partial charge in [-0.15, -0.1) is 13.2 Å². The number of likely N-dealkylation sites (tertiary alicyclic amines) is 1. The third kappa shape index (κ3) is 4.73. The molecule has 1 aliphatic heterocycles. The minimum absolute atomic E-state index is 0.146. The van der Waals surface area contributed by atoms with Crippen molar-refractivity contribution in [3.63, 3.8) is 0 Å². The molecule has 0 aromatic carbocycles. The fraction of sp³-hybridized carbons (Fsp3) is 0.462. The van der Waals surface area contributed by atoms with Gasteiger partial charge in [-0.05, 0) is 25.3 Å². The van der Waals surface area contributed by atoms with Gasteiger partial charge < -0.3 is 15.2 Å². The lowest BCUT2D eigenvalue weighted by Gasteiger charge is -2.32. The van der Waals surface area contributed by atoms with Crippen molar-refractivity contribution in [2.75, 3.05) is 11.9 Å². The van der Waals surface area contributed by atoms with Crippen LogP contribution in [0.4, 0.5) is 23.8 Å². The number of hydrogen-bond donors (Lipinski definition) is 2. The predicted octanol–water partition coefficient (Wildman–Crippen LogP) is 2.45. The number of rotatable bonds is 3. The first-order chi connectivity index (χ1) is 10.8. The van der Waals surface area contributed by atoms with Crippen molar-refractivity contribution in [3.8, 4) is 5.88 Å². The minimum Gasteiger partial charge on any atom is -0.465 e. The Morgan fingerprint density at radius 2 is 2.09 bits per heavy atom. The van der Waals surface area contributed by atoms with Crippen molar-refractivity contribution < 1.29 is 32.6 Å². The third-order valence-electron chi connectivity index (χ3n) is 3.25. The van der Waals surface area contributed by atoms with E-state index in [1.165, 1.54) is 12.1 Å². The van der Waals surface area contributed by atoms with Crippen LogP contribution in [-0.2, 0) is 4.79 Å². The summed E-state index contributed by atoms with van der Waals surface area (Å²) in [6, 6.07) is 2.62. The molecule has 2 amide bonds. The molecule has 0 bridgehead atoms. The second kappa shape index (κ2) is 6.71. The molecule has 1 aliphatic rings. The first-order valence-electron chi connectivity index (χ1n) is 6.79. The standard InChI is InChI=1S/C13H14F3N3O4/c14-13(15,16)23-10-6-3-5-9(17-10)18-11(20)8-4-1-2-7-19(8)12(21)22/h3,5-6,8H,1-2,4,7H2,(H,21,22)(H,17,18,20). The van der Waals surface area contributed by atoms with Crippen LogP contribution >= 0.6 is 0 Å². The molecule has 2 rings (SSSR count). The van der Waals surface area contributed by atoms with Crippen LogP contribution in [-0.4, -0.2) is 45.9 Å². The monoisotopic (exact) mass is 333 g/mol. The van der Waals surface area contributed by atoms with Crippen molar-refractivity contribution in [2.24, 2.45) is 0 Å². The molecular formula is C13H14F3N3O4. The summed E-state index contributed by atoms with van der Waals surface area (Å²) in [5, 5.41) is 11.4. The third-order valence-corrected chi connectivity index (χ3v) is 3.25. The van der Waals surface area contributed by atoms with Crippen LogP contribution < -0.4 is 10.1 Å². The van der Waals surface area contributed by atoms with Crippen LogP contribution in [0.2, 0.25) is 0 Å². The second-order valence-corrected chi connectivity index (χ2v) is 4.89. The summed E-state index contributed by atoms with van der Waals surface area (Å²) in [6.07, 6.45) is -4.42. The van der Waals surface area contributed by atoms with Crippen molar-refractivity contribution in [1.82, 2.24) is 9.88 Å². The molecule has 1 atom stereocenters. The summed E-state index contributed by atoms with van der Waals surface area (Å²) in [7, 11) is 0. The Balaban J connectivity index is 2.07. The molecule has 0 radical (unpaired) electrons. The molecule has 2 heterocycles. The Hall–Kier alpha value is -2.52. The van der Waals surface area contributed by atoms with E-state index in [1.54, 1.807) is 0 Å². The van der Waals surface area contributed by atoms with Gasteiger partial charge in [-0.2, -0.15) is 4.98 Å². The van der Waals surface area contributed by atoms with E-state index in [0.29, 0.717) is 19.3 Å². The number of hydrogen-bond acceptors (Lipinski definition) is 4. The number of nitrogens with one attached hydrogen (secondary N) is 1. The van der Waals surface area contributed by atoms with E-state index >= 15 is 0 Å². The summed E-state index contributed by atoms with van der Waals surface area (Å²) in [4.78, 5) is 27.8. The highest BCUT2D eigenvalue weighted by molar-refractivity contribution is 5.95. The number of piperidine rings is 1. The highest BCUT2D eigenvalue weighted by Gasteiger charge is 2.33. The van der Waals surface area contributed by atoms with Gasteiger partial charge in [0.1, 0.15) is 11.9 Å². The lowest BCUT2D eigenvalue weighted by atomic mass is 10.0. The van der Waals surface area contributed by atoms with E-state index in [4.69, 9.17) is 5.11 Å². The SMILES string of the molecule is O=C(Nc1cccc(OC(F)(F)F)n1)C1CCCCN1C(=O)O. The van der Waals surface area contributed by atoms with Crippen molar-refractivity contribution in [1.29, 1.82) is 0 Å². The molecule has 0 saturated carbocycles. The Kier molecular flexibility index (Phi) is 4.92. The van der Waals surface area contributed by atoms with Gasteiger partial charge in [-0.3, -0.25) is 9.69 Å². The molecule has 1 fully saturated rings. The number of nitrogens with zero attached hydrogens (tertiary/aromatic N) is 2. The van der Waals surface area contributed by atoms with Crippen LogP contribution in [0.25, 0.3) is 0 Å². The zero-order valence-electron chi connectivity index (χ0n) is 11.8. The first kappa shape index (κ1) is 16.8. The summed E-state index contributed by atoms with van der Waals surface area (Å²) in [5.41, 5.74) is 0. The number of aromatic nitrogens is 1. The van der Waals surface area contributed by atoms with Gasteiger partial charge in [0.2, 0.25) is 11.8 Å². The number of amides is 2. The number of carbonyl (C=O) groups excluding carboxylic acids is 1. The lowest BCUT2D eigenvalue weighted by Crippen LogP contribution is -2.49. The Labute approximate surface area is 129 Å². The largest absolute Gasteiger partial charge is 0.574 e. The van der Waals surface area contributed by atoms with Gasteiger partial charge in [0.25, 0.3) is 0 Å². The van der Waals surface area contributed by atoms with Gasteiger partial charge in [0, 0.05) is 12.6 Å². The average Bonchev–Trinajstić information content (AvgIpc) is 2.45. The van der Waals surface area contributed by atoms with Gasteiger partial charge >= 0.3 is 12.5 Å². The quantitative estimate of drug-likeness (QED) is 0.886. The Bertz CT molecular complexity index is 594. The Morgan fingerprint density at radius 1 is 1.35 bits per heavy atom. The van der Waals surface area contributed by atoms with E-state index in [-0.39, 0.29) is 12.4 Å². The maximum Gasteiger partial charge on any atom is 0.574 e. The molecule has 10 heteroatoms. The number of pyridine rings is 1. The number of alkyl halides is 3. The minimum atomic E-state index is -4.89. The number of halogens is 3. The molecule has 1 unspecified atom stereocenters. The smallest absolute Gasteiger partial charge is 0.465 e. The molecule has 1 aromatic rings. The molecule has 2 N–H and O–H groups in total. The van der Waals surface area contributed by atoms with E-state index in [2.05, 4.69) is 15.0 Å². The van der Waals surface area contributed by atoms with Crippen LogP contribution in [0.3, 0.4) is 0 Å². The summed E-state index contributed by atoms with van der Waals surface area (Å²) >= 11 is 0. The number of carboxylic acid groups (broad SMARTS) is 1. The van der Waals surface area contributed by atoms with E-state index < -0.39 is 30.3 Å². The van der Waals surface area contributed by atoms with Crippen LogP contribution in [0, 0.1) is 0 Å². The highest BCUT2D eigenvalue weighted by Crippen LogP contribution is 2.23. The number of ether oxygens (including phenoxy) is 1. The predicted molar refractivity (Wildman–Crippen MR) is 71.9 cm³/mol.